The first-order chi connectivity index (χ1) is 64.1. The van der Waals surface area contributed by atoms with E-state index in [1.54, 1.807) is 37.1 Å². The van der Waals surface area contributed by atoms with Crippen molar-refractivity contribution in [3.63, 3.8) is 0 Å². The van der Waals surface area contributed by atoms with Crippen molar-refractivity contribution in [2.75, 3.05) is 83.2 Å². The molecule has 4 fully saturated rings. The molecule has 8 amide bonds. The Balaban J connectivity index is 0.000000190. The van der Waals surface area contributed by atoms with E-state index < -0.39 is 72.3 Å². The lowest BCUT2D eigenvalue weighted by molar-refractivity contribution is -0.143. The maximum atomic E-state index is 14.0. The Bertz CT molecular complexity index is 6020. The lowest BCUT2D eigenvalue weighted by Gasteiger charge is -2.32. The first-order valence-electron chi connectivity index (χ1n) is 45.2. The summed E-state index contributed by atoms with van der Waals surface area (Å²) >= 11 is 0. The molecule has 0 saturated carbocycles. The Hall–Kier alpha value is -13.1. The second kappa shape index (κ2) is 41.2. The molecule has 10 heterocycles. The average molecular weight is 1850 g/mol. The number of carboxylic acids is 1. The average Bonchev–Trinajstić information content (AvgIpc) is 1.43. The molecule has 4 saturated heterocycles. The van der Waals surface area contributed by atoms with Crippen LogP contribution < -0.4 is 30.7 Å². The smallest absolute Gasteiger partial charge is 0.410 e. The van der Waals surface area contributed by atoms with Gasteiger partial charge in [-0.2, -0.15) is 0 Å². The fourth-order valence-electron chi connectivity index (χ4n) is 19.0. The van der Waals surface area contributed by atoms with E-state index in [1.807, 2.05) is 90.4 Å². The van der Waals surface area contributed by atoms with E-state index >= 15 is 0 Å². The van der Waals surface area contributed by atoms with Gasteiger partial charge < -0.3 is 113 Å². The summed E-state index contributed by atoms with van der Waals surface area (Å²) in [5, 5.41) is 22.8. The minimum atomic E-state index is -1.17. The van der Waals surface area contributed by atoms with Crippen LogP contribution in [0.1, 0.15) is 173 Å². The monoisotopic (exact) mass is 1850 g/mol. The number of rotatable bonds is 24. The van der Waals surface area contributed by atoms with Crippen LogP contribution in [0.25, 0.3) is 88.4 Å². The van der Waals surface area contributed by atoms with E-state index in [0.29, 0.717) is 57.6 Å². The number of alkyl carbamates (subject to hydrolysis) is 4. The molecule has 14 atom stereocenters. The molecule has 0 spiro atoms. The van der Waals surface area contributed by atoms with Crippen LogP contribution in [-0.2, 0) is 75.0 Å². The minimum absolute atomic E-state index is 0.0184. The summed E-state index contributed by atoms with van der Waals surface area (Å²) in [6.45, 7) is 23.3. The van der Waals surface area contributed by atoms with Crippen LogP contribution in [0.15, 0.2) is 97.3 Å². The maximum absolute atomic E-state index is 14.0. The van der Waals surface area contributed by atoms with Gasteiger partial charge in [-0.15, -0.1) is 0 Å². The highest BCUT2D eigenvalue weighted by Gasteiger charge is 2.47. The predicted molar refractivity (Wildman–Crippen MR) is 496 cm³/mol. The van der Waals surface area contributed by atoms with Crippen LogP contribution in [0, 0.1) is 23.7 Å². The third-order valence-corrected chi connectivity index (χ3v) is 26.1. The van der Waals surface area contributed by atoms with Crippen molar-refractivity contribution in [3.05, 3.63) is 132 Å². The number of methoxy groups -OCH3 is 8. The number of likely N-dealkylation sites (tertiary alicyclic amines) is 4. The second-order valence-corrected chi connectivity index (χ2v) is 36.8. The maximum Gasteiger partial charge on any atom is 0.410 e. The summed E-state index contributed by atoms with van der Waals surface area (Å²) in [7, 11) is 11.2. The lowest BCUT2D eigenvalue weighted by atomic mass is 9.92. The normalized spacial score (nSPS) is 20.2. The van der Waals surface area contributed by atoms with Gasteiger partial charge >= 0.3 is 36.4 Å². The van der Waals surface area contributed by atoms with Gasteiger partial charge in [0.1, 0.15) is 71.7 Å². The zero-order valence-electron chi connectivity index (χ0n) is 79.2. The Morgan fingerprint density at radius 1 is 0.470 bits per heavy atom. The van der Waals surface area contributed by atoms with Crippen molar-refractivity contribution in [2.24, 2.45) is 23.7 Å². The highest BCUT2D eigenvalue weighted by Crippen LogP contribution is 2.48. The minimum Gasteiger partial charge on any atom is -0.488 e. The topological polar surface area (TPSA) is 451 Å². The number of imidazole rings is 4. The van der Waals surface area contributed by atoms with Gasteiger partial charge in [0.05, 0.1) is 124 Å². The van der Waals surface area contributed by atoms with E-state index in [-0.39, 0.29) is 83.7 Å². The summed E-state index contributed by atoms with van der Waals surface area (Å²) in [4.78, 5) is 154. The molecular weight excluding hydrogens is 1730 g/mol. The lowest BCUT2D eigenvalue weighted by Crippen LogP contribution is -2.54. The SMILES string of the molecule is COC(=O)N[C@H](C(=O)O)[C@@H](C)OC.COC[C@H]1CC(c2ncc(-c3ccc4c(c3)COc3cc5c(ccc6[nH]c([C@@H]7CC[C@H](C)N7C(=O)[C@@H](NC(=O)OC)C(C)C)nc65)cc3-4)[nH]2)N(C(=O)OC(C)(C)C)C1.COC[C@H]1CC(c2ncc(-c3ccc4c(c3)COc3cc5c(ccc6[nH]c([C@@H]7CC[C@H](C)N7C(=O)[C@@H](NC(=O)OC)C(C)C)nc65)cc3-4)[nH]2)N(C(=O)[C@@H](NC(=O)OC)[C@@H](C)OC)C1. The van der Waals surface area contributed by atoms with E-state index in [0.717, 1.165) is 162 Å². The van der Waals surface area contributed by atoms with Gasteiger partial charge in [0, 0.05) is 87.3 Å². The molecule has 716 valence electrons. The fraction of sp³-hybridized carbons (Fsp3) is 0.495. The molecule has 134 heavy (non-hydrogen) atoms. The molecule has 6 aliphatic heterocycles. The van der Waals surface area contributed by atoms with E-state index in [2.05, 4.69) is 119 Å². The van der Waals surface area contributed by atoms with Crippen LogP contribution in [-0.4, -0.2) is 256 Å². The van der Waals surface area contributed by atoms with Gasteiger partial charge in [0.15, 0.2) is 6.04 Å². The number of nitrogens with one attached hydrogen (secondary N) is 8. The van der Waals surface area contributed by atoms with Gasteiger partial charge in [-0.3, -0.25) is 19.3 Å². The van der Waals surface area contributed by atoms with Gasteiger partial charge in [-0.25, -0.2) is 48.7 Å². The van der Waals surface area contributed by atoms with E-state index in [1.165, 1.54) is 42.5 Å². The Morgan fingerprint density at radius 3 is 1.27 bits per heavy atom. The number of ether oxygens (including phenoxy) is 11. The van der Waals surface area contributed by atoms with Crippen molar-refractivity contribution in [1.29, 1.82) is 0 Å². The van der Waals surface area contributed by atoms with Crippen molar-refractivity contribution < 1.29 is 100 Å². The summed E-state index contributed by atoms with van der Waals surface area (Å²) in [5.41, 5.74) is 12.5. The zero-order chi connectivity index (χ0) is 96.2. The van der Waals surface area contributed by atoms with Crippen LogP contribution in [0.4, 0.5) is 24.0 Å². The van der Waals surface area contributed by atoms with Gasteiger partial charge in [-0.05, 0) is 192 Å². The summed E-state index contributed by atoms with van der Waals surface area (Å²) in [6, 6.07) is 24.5. The number of amides is 8. The molecule has 4 aromatic heterocycles. The summed E-state index contributed by atoms with van der Waals surface area (Å²) < 4.78 is 58.5. The largest absolute Gasteiger partial charge is 0.488 e. The first-order valence-corrected chi connectivity index (χ1v) is 45.2. The van der Waals surface area contributed by atoms with Crippen molar-refractivity contribution in [3.8, 4) is 56.3 Å². The molecule has 37 nitrogen and oxygen atoms in total. The van der Waals surface area contributed by atoms with Crippen molar-refractivity contribution in [2.45, 2.75) is 206 Å². The molecule has 6 aliphatic rings. The molecule has 6 aromatic carbocycles. The van der Waals surface area contributed by atoms with Crippen LogP contribution in [0.5, 0.6) is 11.5 Å². The Labute approximate surface area is 776 Å². The number of carbonyl (C=O) groups excluding carboxylic acids is 8. The molecular formula is C97H122N16O21. The molecule has 0 bridgehead atoms. The molecule has 10 aromatic rings. The highest BCUT2D eigenvalue weighted by atomic mass is 16.6. The van der Waals surface area contributed by atoms with E-state index in [9.17, 15) is 43.2 Å². The van der Waals surface area contributed by atoms with Gasteiger partial charge in [0.25, 0.3) is 0 Å². The third kappa shape index (κ3) is 20.5. The Morgan fingerprint density at radius 2 is 0.873 bits per heavy atom. The number of H-pyrrole nitrogens is 4. The van der Waals surface area contributed by atoms with Crippen molar-refractivity contribution >= 4 is 97.8 Å². The number of hydrogen-bond donors (Lipinski definition) is 9. The van der Waals surface area contributed by atoms with E-state index in [4.69, 9.17) is 72.4 Å². The predicted octanol–water partition coefficient (Wildman–Crippen LogP) is 14.3. The second-order valence-electron chi connectivity index (χ2n) is 36.8. The number of aromatic amines is 4. The molecule has 16 rings (SSSR count). The van der Waals surface area contributed by atoms with Crippen LogP contribution in [0.3, 0.4) is 0 Å². The number of fused-ring (bicyclic) bond motifs is 12. The van der Waals surface area contributed by atoms with Gasteiger partial charge in [0.2, 0.25) is 17.7 Å². The summed E-state index contributed by atoms with van der Waals surface area (Å²) in [6.07, 6.45) is 3.73. The van der Waals surface area contributed by atoms with Crippen LogP contribution >= 0.6 is 0 Å². The van der Waals surface area contributed by atoms with Gasteiger partial charge in [-0.1, -0.05) is 64.1 Å². The number of aliphatic carboxylic acids is 1. The number of nitrogens with zero attached hydrogens (tertiary/aromatic N) is 8. The molecule has 37 heteroatoms. The molecule has 0 radical (unpaired) electrons. The zero-order valence-corrected chi connectivity index (χ0v) is 79.2. The van der Waals surface area contributed by atoms with Crippen molar-refractivity contribution in [1.82, 2.24) is 80.7 Å². The quantitative estimate of drug-likeness (QED) is 0.0254. The number of carbonyl (C=O) groups is 9. The van der Waals surface area contributed by atoms with Crippen LogP contribution in [0.2, 0.25) is 0 Å². The number of hydrogen-bond acceptors (Lipinski definition) is 24. The fourth-order valence-corrected chi connectivity index (χ4v) is 19.0. The molecule has 0 aliphatic carbocycles. The number of aromatic nitrogens is 8. The molecule has 2 unspecified atom stereocenters. The first kappa shape index (κ1) is 96.9. The molecule has 9 N–H and O–H groups in total. The summed E-state index contributed by atoms with van der Waals surface area (Å²) in [5.74, 6) is 2.52. The number of carboxylic acid groups (broad SMARTS) is 1. The standard InChI is InChI=1S/C46H56N8O9.C44H53N7O7.C7H13NO5/c1-23(2)38(51-45(57)61-7)44(56)54-24(3)9-14-35(54)42-48-33-13-11-27-17-32-30-12-10-28(16-29(30)22-63-37(32)18-31(27)40(33)50-42)34-19-47-41(49-34)36-15-26(21-59-5)20-53(36)43(55)39(25(4)60-6)52-46(58)62-8;1-23(2)37(49-42(53)56-8)41(52)51-24(3)9-14-34(51)40-46-32-13-11-26-17-31-29-12-10-27(16-28(29)22-57-36(31)18-30(26)38(32)48-40)33-19-45-39(47-33)35-15-25(21-55-7)20-50(35)43(54)58-44(4,5)6;1-4(12-2)5(6(9)10)8-7(11)13-3/h10-13,16-19,23-26,35-36,38-39H,9,14-15,20-22H2,1-8H3,(H,47,49)(H,48,50)(H,51,57)(H,52,58);10-13,16-19,23-25,34-35,37H,9,14-15,20-22H2,1-8H3,(H,45,47)(H,46,48)(H,49,53);4-5H,1-3H3,(H,8,11)(H,9,10)/t24-,25+,26-,35-,36?,38-,39-;24-,25-,34-,35?,37-;4-,5+/m001/s1. The number of benzene rings is 6. The third-order valence-electron chi connectivity index (χ3n) is 26.1. The Kier molecular flexibility index (Phi) is 29.8. The highest BCUT2D eigenvalue weighted by molar-refractivity contribution is 6.08.